The molecule has 0 radical (unpaired) electrons. The SMILES string of the molecule is CCc1ccc2c(c1)CCC[C@@H]2CCc1cnccc1C(=O)OC.CCc1ccc2c(c1)CCC[C@H]2CCc1cnccc1C(=O)OC. The van der Waals surface area contributed by atoms with Gasteiger partial charge in [-0.3, -0.25) is 9.97 Å². The van der Waals surface area contributed by atoms with Crippen molar-refractivity contribution in [1.29, 1.82) is 0 Å². The summed E-state index contributed by atoms with van der Waals surface area (Å²) in [6, 6.07) is 17.4. The Hall–Kier alpha value is -4.32. The van der Waals surface area contributed by atoms with Crippen LogP contribution in [0.3, 0.4) is 0 Å². The zero-order chi connectivity index (χ0) is 33.9. The molecule has 0 amide bonds. The van der Waals surface area contributed by atoms with Gasteiger partial charge in [-0.1, -0.05) is 50.2 Å². The molecule has 2 aromatic carbocycles. The van der Waals surface area contributed by atoms with Crippen molar-refractivity contribution in [1.82, 2.24) is 9.97 Å². The van der Waals surface area contributed by atoms with E-state index in [-0.39, 0.29) is 11.9 Å². The molecule has 0 bridgehead atoms. The van der Waals surface area contributed by atoms with E-state index in [4.69, 9.17) is 9.47 Å². The lowest BCUT2D eigenvalue weighted by molar-refractivity contribution is 0.0590. The first-order valence-corrected chi connectivity index (χ1v) is 17.7. The highest BCUT2D eigenvalue weighted by Gasteiger charge is 2.23. The fourth-order valence-corrected chi connectivity index (χ4v) is 7.51. The minimum absolute atomic E-state index is 0.274. The number of nitrogens with zero attached hydrogens (tertiary/aromatic N) is 2. The van der Waals surface area contributed by atoms with E-state index < -0.39 is 0 Å². The third-order valence-electron chi connectivity index (χ3n) is 10.3. The molecule has 0 fully saturated rings. The van der Waals surface area contributed by atoms with E-state index in [2.05, 4.69) is 60.2 Å². The van der Waals surface area contributed by atoms with Gasteiger partial charge in [0.05, 0.1) is 25.3 Å². The van der Waals surface area contributed by atoms with Gasteiger partial charge in [0.15, 0.2) is 0 Å². The van der Waals surface area contributed by atoms with Crippen molar-refractivity contribution in [2.24, 2.45) is 0 Å². The van der Waals surface area contributed by atoms with Crippen LogP contribution in [0.25, 0.3) is 0 Å². The number of benzene rings is 2. The average molecular weight is 647 g/mol. The molecule has 0 saturated heterocycles. The highest BCUT2D eigenvalue weighted by atomic mass is 16.5. The molecule has 6 nitrogen and oxygen atoms in total. The maximum absolute atomic E-state index is 11.9. The smallest absolute Gasteiger partial charge is 0.338 e. The second kappa shape index (κ2) is 17.2. The first-order chi connectivity index (χ1) is 23.4. The summed E-state index contributed by atoms with van der Waals surface area (Å²) in [5.74, 6) is 0.601. The van der Waals surface area contributed by atoms with E-state index >= 15 is 0 Å². The van der Waals surface area contributed by atoms with Crippen LogP contribution in [0.4, 0.5) is 0 Å². The number of hydrogen-bond donors (Lipinski definition) is 0. The van der Waals surface area contributed by atoms with Crippen molar-refractivity contribution in [3.05, 3.63) is 129 Å². The minimum atomic E-state index is -0.274. The van der Waals surface area contributed by atoms with Crippen molar-refractivity contribution in [3.8, 4) is 0 Å². The van der Waals surface area contributed by atoms with E-state index in [0.717, 1.165) is 49.7 Å². The summed E-state index contributed by atoms with van der Waals surface area (Å²) < 4.78 is 9.77. The molecule has 0 N–H and O–H groups in total. The van der Waals surface area contributed by atoms with Crippen LogP contribution < -0.4 is 0 Å². The number of carbonyl (C=O) groups is 2. The Balaban J connectivity index is 0.000000188. The van der Waals surface area contributed by atoms with Crippen LogP contribution in [0, 0.1) is 0 Å². The Morgan fingerprint density at radius 3 is 1.50 bits per heavy atom. The fraction of sp³-hybridized carbons (Fsp3) is 0.429. The number of ether oxygens (including phenoxy) is 2. The first-order valence-electron chi connectivity index (χ1n) is 17.7. The number of pyridine rings is 2. The van der Waals surface area contributed by atoms with Gasteiger partial charge in [-0.05, 0) is 146 Å². The van der Waals surface area contributed by atoms with Crippen LogP contribution in [0.5, 0.6) is 0 Å². The average Bonchev–Trinajstić information content (AvgIpc) is 3.15. The van der Waals surface area contributed by atoms with Crippen LogP contribution in [0.15, 0.2) is 73.3 Å². The second-order valence-electron chi connectivity index (χ2n) is 13.1. The number of carbonyl (C=O) groups excluding carboxylic acids is 2. The molecule has 48 heavy (non-hydrogen) atoms. The highest BCUT2D eigenvalue weighted by Crippen LogP contribution is 2.37. The number of hydrogen-bond acceptors (Lipinski definition) is 6. The zero-order valence-electron chi connectivity index (χ0n) is 29.1. The number of rotatable bonds is 10. The summed E-state index contributed by atoms with van der Waals surface area (Å²) in [6.45, 7) is 4.41. The standard InChI is InChI=1S/2C21H25NO2/c2*1-3-15-7-10-19-16(5-4-6-17(19)13-15)8-9-18-14-22-12-11-20(18)21(23)24-2/h2*7,10-14,16H,3-6,8-9H2,1-2H3/t2*16-/m10/s1. The molecule has 0 unspecified atom stereocenters. The number of esters is 2. The van der Waals surface area contributed by atoms with Crippen molar-refractivity contribution < 1.29 is 19.1 Å². The summed E-state index contributed by atoms with van der Waals surface area (Å²) >= 11 is 0. The first kappa shape index (κ1) is 35.0. The summed E-state index contributed by atoms with van der Waals surface area (Å²) in [5.41, 5.74) is 12.2. The highest BCUT2D eigenvalue weighted by molar-refractivity contribution is 5.91. The number of fused-ring (bicyclic) bond motifs is 2. The fourth-order valence-electron chi connectivity index (χ4n) is 7.51. The third-order valence-corrected chi connectivity index (χ3v) is 10.3. The third kappa shape index (κ3) is 8.58. The molecule has 2 atom stereocenters. The number of aromatic nitrogens is 2. The molecule has 2 aliphatic carbocycles. The summed E-state index contributed by atoms with van der Waals surface area (Å²) in [6.07, 6.45) is 20.3. The van der Waals surface area contributed by atoms with Gasteiger partial charge in [-0.2, -0.15) is 0 Å². The van der Waals surface area contributed by atoms with Crippen molar-refractivity contribution >= 4 is 11.9 Å². The molecular weight excluding hydrogens is 596 g/mol. The largest absolute Gasteiger partial charge is 0.465 e. The Labute approximate surface area is 286 Å². The lowest BCUT2D eigenvalue weighted by Crippen LogP contribution is -2.12. The van der Waals surface area contributed by atoms with Gasteiger partial charge in [0.2, 0.25) is 0 Å². The molecule has 6 heteroatoms. The lowest BCUT2D eigenvalue weighted by atomic mass is 9.79. The van der Waals surface area contributed by atoms with E-state index in [1.54, 1.807) is 36.9 Å². The maximum atomic E-state index is 11.9. The maximum Gasteiger partial charge on any atom is 0.338 e. The Bertz CT molecular complexity index is 1570. The van der Waals surface area contributed by atoms with Crippen LogP contribution in [0.2, 0.25) is 0 Å². The van der Waals surface area contributed by atoms with Gasteiger partial charge < -0.3 is 9.47 Å². The van der Waals surface area contributed by atoms with Crippen molar-refractivity contribution in [3.63, 3.8) is 0 Å². The predicted octanol–water partition coefficient (Wildman–Crippen LogP) is 8.97. The molecule has 6 rings (SSSR count). The van der Waals surface area contributed by atoms with Crippen LogP contribution >= 0.6 is 0 Å². The van der Waals surface area contributed by atoms with Crippen molar-refractivity contribution in [2.75, 3.05) is 14.2 Å². The monoisotopic (exact) mass is 646 g/mol. The predicted molar refractivity (Wildman–Crippen MR) is 191 cm³/mol. The summed E-state index contributed by atoms with van der Waals surface area (Å²) in [7, 11) is 2.85. The van der Waals surface area contributed by atoms with Crippen molar-refractivity contribution in [2.45, 2.75) is 103 Å². The minimum Gasteiger partial charge on any atom is -0.465 e. The van der Waals surface area contributed by atoms with Gasteiger partial charge in [-0.15, -0.1) is 0 Å². The van der Waals surface area contributed by atoms with Gasteiger partial charge >= 0.3 is 11.9 Å². The van der Waals surface area contributed by atoms with E-state index in [0.29, 0.717) is 23.0 Å². The molecule has 2 heterocycles. The molecule has 2 aliphatic rings. The molecule has 0 saturated carbocycles. The summed E-state index contributed by atoms with van der Waals surface area (Å²) in [4.78, 5) is 32.2. The van der Waals surface area contributed by atoms with Crippen LogP contribution in [0.1, 0.15) is 129 Å². The van der Waals surface area contributed by atoms with Gasteiger partial charge in [0, 0.05) is 24.8 Å². The zero-order valence-corrected chi connectivity index (χ0v) is 29.1. The number of methoxy groups -OCH3 is 2. The van der Waals surface area contributed by atoms with Crippen LogP contribution in [-0.2, 0) is 48.0 Å². The quantitative estimate of drug-likeness (QED) is 0.160. The molecule has 2 aromatic heterocycles. The van der Waals surface area contributed by atoms with E-state index in [1.165, 1.54) is 86.1 Å². The second-order valence-corrected chi connectivity index (χ2v) is 13.1. The Morgan fingerprint density at radius 1 is 0.667 bits per heavy atom. The van der Waals surface area contributed by atoms with E-state index in [1.807, 2.05) is 0 Å². The van der Waals surface area contributed by atoms with Gasteiger partial charge in [0.25, 0.3) is 0 Å². The topological polar surface area (TPSA) is 78.4 Å². The normalized spacial score (nSPS) is 16.5. The Morgan fingerprint density at radius 2 is 1.10 bits per heavy atom. The molecule has 252 valence electrons. The summed E-state index contributed by atoms with van der Waals surface area (Å²) in [5, 5.41) is 0. The molecule has 0 aliphatic heterocycles. The van der Waals surface area contributed by atoms with Gasteiger partial charge in [0.1, 0.15) is 0 Å². The molecule has 0 spiro atoms. The molecule has 4 aromatic rings. The van der Waals surface area contributed by atoms with Gasteiger partial charge in [-0.25, -0.2) is 9.59 Å². The Kier molecular flexibility index (Phi) is 12.5. The lowest BCUT2D eigenvalue weighted by Gasteiger charge is -2.26. The van der Waals surface area contributed by atoms with Crippen LogP contribution in [-0.4, -0.2) is 36.1 Å². The number of aryl methyl sites for hydroxylation is 6. The molecular formula is C42H50N2O4. The van der Waals surface area contributed by atoms with E-state index in [9.17, 15) is 9.59 Å².